The van der Waals surface area contributed by atoms with E-state index in [2.05, 4.69) is 6.92 Å². The highest BCUT2D eigenvalue weighted by molar-refractivity contribution is 6.24. The third-order valence-electron chi connectivity index (χ3n) is 7.55. The molecule has 0 aromatic heterocycles. The molecule has 1 fully saturated rings. The minimum Gasteiger partial charge on any atom is -0.396 e. The summed E-state index contributed by atoms with van der Waals surface area (Å²) in [5, 5.41) is 9.32. The van der Waals surface area contributed by atoms with Gasteiger partial charge in [0.2, 0.25) is 0 Å². The van der Waals surface area contributed by atoms with Gasteiger partial charge in [-0.05, 0) is 31.6 Å². The summed E-state index contributed by atoms with van der Waals surface area (Å²) < 4.78 is 0. The largest absolute Gasteiger partial charge is 0.396 e. The third kappa shape index (κ3) is 14.3. The summed E-state index contributed by atoms with van der Waals surface area (Å²) in [6.07, 6.45) is 32.7. The van der Waals surface area contributed by atoms with E-state index in [-0.39, 0.29) is 4.87 Å². The lowest BCUT2D eigenvalue weighted by Gasteiger charge is -2.39. The van der Waals surface area contributed by atoms with E-state index in [9.17, 15) is 5.11 Å². The van der Waals surface area contributed by atoms with Crippen LogP contribution in [0.3, 0.4) is 0 Å². The minimum atomic E-state index is -0.00394. The molecule has 0 spiro atoms. The van der Waals surface area contributed by atoms with Crippen LogP contribution in [-0.2, 0) is 0 Å². The Kier molecular flexibility index (Phi) is 18.8. The van der Waals surface area contributed by atoms with Crippen molar-refractivity contribution in [2.45, 2.75) is 166 Å². The Morgan fingerprint density at radius 3 is 1.53 bits per heavy atom. The first-order chi connectivity index (χ1) is 14.7. The summed E-state index contributed by atoms with van der Waals surface area (Å²) in [7, 11) is 0. The SMILES string of the molecule is CCCCCCCCCCCCCCCCCCCCC1(Cl)CCCCC1CCO. The maximum Gasteiger partial charge on any atom is 0.0475 e. The van der Waals surface area contributed by atoms with E-state index in [1.54, 1.807) is 0 Å². The molecule has 0 saturated heterocycles. The average Bonchev–Trinajstić information content (AvgIpc) is 2.75. The fourth-order valence-electron chi connectivity index (χ4n) is 5.48. The molecular weight excluding hydrogens is 388 g/mol. The molecule has 2 heteroatoms. The third-order valence-corrected chi connectivity index (χ3v) is 8.24. The Morgan fingerprint density at radius 1 is 0.667 bits per heavy atom. The van der Waals surface area contributed by atoms with E-state index in [1.807, 2.05) is 0 Å². The van der Waals surface area contributed by atoms with E-state index in [4.69, 9.17) is 11.6 Å². The summed E-state index contributed by atoms with van der Waals surface area (Å²) in [5.41, 5.74) is 0. The number of aliphatic hydroxyl groups excluding tert-OH is 1. The number of alkyl halides is 1. The Morgan fingerprint density at radius 2 is 1.10 bits per heavy atom. The van der Waals surface area contributed by atoms with Gasteiger partial charge in [-0.2, -0.15) is 0 Å². The number of rotatable bonds is 21. The predicted molar refractivity (Wildman–Crippen MR) is 136 cm³/mol. The van der Waals surface area contributed by atoms with Gasteiger partial charge < -0.3 is 5.11 Å². The molecule has 1 rings (SSSR count). The zero-order valence-corrected chi connectivity index (χ0v) is 21.3. The van der Waals surface area contributed by atoms with Crippen LogP contribution in [0.2, 0.25) is 0 Å². The number of unbranched alkanes of at least 4 members (excludes halogenated alkanes) is 17. The highest BCUT2D eigenvalue weighted by Crippen LogP contribution is 2.44. The highest BCUT2D eigenvalue weighted by Gasteiger charge is 2.37. The molecule has 0 radical (unpaired) electrons. The lowest BCUT2D eigenvalue weighted by atomic mass is 9.74. The van der Waals surface area contributed by atoms with Crippen LogP contribution >= 0.6 is 11.6 Å². The second-order valence-electron chi connectivity index (χ2n) is 10.3. The molecule has 1 aliphatic rings. The lowest BCUT2D eigenvalue weighted by Crippen LogP contribution is -2.35. The van der Waals surface area contributed by atoms with Crippen LogP contribution < -0.4 is 0 Å². The molecule has 2 unspecified atom stereocenters. The predicted octanol–water partition coefficient (Wildman–Crippen LogP) is 9.97. The molecule has 1 saturated carbocycles. The summed E-state index contributed by atoms with van der Waals surface area (Å²) >= 11 is 6.99. The van der Waals surface area contributed by atoms with Crippen LogP contribution in [0.25, 0.3) is 0 Å². The van der Waals surface area contributed by atoms with Gasteiger partial charge in [0, 0.05) is 11.5 Å². The van der Waals surface area contributed by atoms with Crippen molar-refractivity contribution >= 4 is 11.6 Å². The Balaban J connectivity index is 1.81. The van der Waals surface area contributed by atoms with Crippen LogP contribution in [0.5, 0.6) is 0 Å². The van der Waals surface area contributed by atoms with Crippen LogP contribution in [-0.4, -0.2) is 16.6 Å². The molecule has 1 aliphatic carbocycles. The van der Waals surface area contributed by atoms with Gasteiger partial charge in [0.25, 0.3) is 0 Å². The lowest BCUT2D eigenvalue weighted by molar-refractivity contribution is 0.183. The fourth-order valence-corrected chi connectivity index (χ4v) is 5.97. The van der Waals surface area contributed by atoms with Gasteiger partial charge >= 0.3 is 0 Å². The molecule has 1 N–H and O–H groups in total. The van der Waals surface area contributed by atoms with E-state index < -0.39 is 0 Å². The summed E-state index contributed by atoms with van der Waals surface area (Å²) in [5.74, 6) is 0.545. The molecule has 0 bridgehead atoms. The van der Waals surface area contributed by atoms with Crippen LogP contribution in [0.15, 0.2) is 0 Å². The normalized spacial score (nSPS) is 21.9. The van der Waals surface area contributed by atoms with Gasteiger partial charge in [-0.3, -0.25) is 0 Å². The van der Waals surface area contributed by atoms with Crippen LogP contribution in [0.1, 0.15) is 161 Å². The second kappa shape index (κ2) is 19.9. The fraction of sp³-hybridized carbons (Fsp3) is 1.00. The molecule has 0 aromatic carbocycles. The number of hydrogen-bond acceptors (Lipinski definition) is 1. The van der Waals surface area contributed by atoms with Crippen molar-refractivity contribution in [3.05, 3.63) is 0 Å². The monoisotopic (exact) mass is 442 g/mol. The molecule has 0 aliphatic heterocycles. The Hall–Kier alpha value is 0.250. The maximum absolute atomic E-state index is 9.32. The number of hydrogen-bond donors (Lipinski definition) is 1. The molecule has 30 heavy (non-hydrogen) atoms. The maximum atomic E-state index is 9.32. The molecule has 0 aromatic rings. The van der Waals surface area contributed by atoms with Crippen molar-refractivity contribution in [2.75, 3.05) is 6.61 Å². The van der Waals surface area contributed by atoms with E-state index in [1.165, 1.54) is 135 Å². The summed E-state index contributed by atoms with van der Waals surface area (Å²) in [6, 6.07) is 0. The second-order valence-corrected chi connectivity index (χ2v) is 11.0. The first kappa shape index (κ1) is 28.3. The smallest absolute Gasteiger partial charge is 0.0475 e. The molecule has 180 valence electrons. The van der Waals surface area contributed by atoms with Crippen LogP contribution in [0.4, 0.5) is 0 Å². The molecular formula is C28H55ClO. The zero-order chi connectivity index (χ0) is 21.8. The van der Waals surface area contributed by atoms with Crippen molar-refractivity contribution in [1.82, 2.24) is 0 Å². The van der Waals surface area contributed by atoms with E-state index in [0.717, 1.165) is 19.3 Å². The Bertz CT molecular complexity index is 357. The summed E-state index contributed by atoms with van der Waals surface area (Å²) in [6.45, 7) is 2.60. The highest BCUT2D eigenvalue weighted by atomic mass is 35.5. The number of halogens is 1. The Labute approximate surface area is 195 Å². The van der Waals surface area contributed by atoms with Gasteiger partial charge in [0.05, 0.1) is 0 Å². The molecule has 0 amide bonds. The van der Waals surface area contributed by atoms with Gasteiger partial charge in [0.1, 0.15) is 0 Å². The summed E-state index contributed by atoms with van der Waals surface area (Å²) in [4.78, 5) is -0.00394. The topological polar surface area (TPSA) is 20.2 Å². The van der Waals surface area contributed by atoms with Crippen molar-refractivity contribution in [3.8, 4) is 0 Å². The van der Waals surface area contributed by atoms with Crippen molar-refractivity contribution in [2.24, 2.45) is 5.92 Å². The quantitative estimate of drug-likeness (QED) is 0.138. The standard InChI is InChI=1S/C28H55ClO/c1-2-3-4-5-6-7-8-9-10-11-12-13-14-15-16-17-18-20-24-28(29)25-21-19-22-27(28)23-26-30/h27,30H,2-26H2,1H3. The van der Waals surface area contributed by atoms with Gasteiger partial charge in [-0.1, -0.05) is 135 Å². The van der Waals surface area contributed by atoms with Gasteiger partial charge in [-0.15, -0.1) is 11.6 Å². The van der Waals surface area contributed by atoms with Crippen molar-refractivity contribution in [1.29, 1.82) is 0 Å². The molecule has 2 atom stereocenters. The van der Waals surface area contributed by atoms with Gasteiger partial charge in [-0.25, -0.2) is 0 Å². The van der Waals surface area contributed by atoms with Crippen molar-refractivity contribution < 1.29 is 5.11 Å². The number of aliphatic hydroxyl groups is 1. The zero-order valence-electron chi connectivity index (χ0n) is 20.6. The first-order valence-corrected chi connectivity index (χ1v) is 14.4. The van der Waals surface area contributed by atoms with Crippen molar-refractivity contribution in [3.63, 3.8) is 0 Å². The van der Waals surface area contributed by atoms with E-state index in [0.29, 0.717) is 12.5 Å². The van der Waals surface area contributed by atoms with E-state index >= 15 is 0 Å². The first-order valence-electron chi connectivity index (χ1n) is 14.0. The average molecular weight is 443 g/mol. The molecule has 0 heterocycles. The van der Waals surface area contributed by atoms with Crippen LogP contribution in [0, 0.1) is 5.92 Å². The molecule has 1 nitrogen and oxygen atoms in total. The van der Waals surface area contributed by atoms with Gasteiger partial charge in [0.15, 0.2) is 0 Å². The minimum absolute atomic E-state index is 0.00394.